The van der Waals surface area contributed by atoms with Gasteiger partial charge in [0, 0.05) is 11.8 Å². The van der Waals surface area contributed by atoms with Gasteiger partial charge in [-0.15, -0.1) is 0 Å². The Morgan fingerprint density at radius 1 is 1.50 bits per heavy atom. The summed E-state index contributed by atoms with van der Waals surface area (Å²) in [7, 11) is 0. The van der Waals surface area contributed by atoms with Crippen molar-refractivity contribution >= 4 is 27.2 Å². The molecule has 1 aromatic carbocycles. The molecule has 18 heavy (non-hydrogen) atoms. The van der Waals surface area contributed by atoms with E-state index in [1.165, 1.54) is 11.3 Å². The lowest BCUT2D eigenvalue weighted by atomic mass is 10.3. The molecular weight excluding hydrogens is 246 g/mol. The number of hydrogen-bond acceptors (Lipinski definition) is 5. The van der Waals surface area contributed by atoms with E-state index in [1.54, 1.807) is 6.20 Å². The fourth-order valence-electron chi connectivity index (χ4n) is 1.43. The number of hydrogen-bond donors (Lipinski definition) is 2. The Morgan fingerprint density at radius 3 is 3.00 bits per heavy atom. The molecule has 1 atom stereocenters. The lowest BCUT2D eigenvalue weighted by Crippen LogP contribution is -2.09. The van der Waals surface area contributed by atoms with Gasteiger partial charge in [0.05, 0.1) is 12.3 Å². The maximum Gasteiger partial charge on any atom is 0.189 e. The molecule has 0 fully saturated rings. The molecule has 0 aliphatic rings. The predicted molar refractivity (Wildman–Crippen MR) is 76.6 cm³/mol. The number of rotatable bonds is 5. The lowest BCUT2D eigenvalue weighted by Gasteiger charge is -2.13. The Kier molecular flexibility index (Phi) is 4.04. The van der Waals surface area contributed by atoms with Crippen molar-refractivity contribution in [1.29, 1.82) is 0 Å². The first kappa shape index (κ1) is 12.7. The van der Waals surface area contributed by atoms with Crippen LogP contribution in [0.1, 0.15) is 20.3 Å². The summed E-state index contributed by atoms with van der Waals surface area (Å²) in [6.07, 6.45) is 2.85. The summed E-state index contributed by atoms with van der Waals surface area (Å²) in [6.45, 7) is 4.16. The SMILES string of the molecule is CCC(C)Oc1cccc(Nc2ncc(N)s2)c1. The van der Waals surface area contributed by atoms with Gasteiger partial charge in [0.25, 0.3) is 0 Å². The van der Waals surface area contributed by atoms with Crippen molar-refractivity contribution in [2.45, 2.75) is 26.4 Å². The quantitative estimate of drug-likeness (QED) is 0.864. The van der Waals surface area contributed by atoms with Gasteiger partial charge in [-0.25, -0.2) is 4.98 Å². The monoisotopic (exact) mass is 263 g/mol. The first-order valence-electron chi connectivity index (χ1n) is 5.92. The highest BCUT2D eigenvalue weighted by Crippen LogP contribution is 2.26. The van der Waals surface area contributed by atoms with Crippen LogP contribution in [0.5, 0.6) is 5.75 Å². The largest absolute Gasteiger partial charge is 0.491 e. The van der Waals surface area contributed by atoms with E-state index in [-0.39, 0.29) is 6.10 Å². The zero-order valence-corrected chi connectivity index (χ0v) is 11.3. The normalized spacial score (nSPS) is 12.1. The molecule has 3 N–H and O–H groups in total. The van der Waals surface area contributed by atoms with Crippen molar-refractivity contribution in [1.82, 2.24) is 4.98 Å². The van der Waals surface area contributed by atoms with Crippen molar-refractivity contribution in [3.05, 3.63) is 30.5 Å². The summed E-state index contributed by atoms with van der Waals surface area (Å²) in [4.78, 5) is 4.16. The minimum Gasteiger partial charge on any atom is -0.491 e. The van der Waals surface area contributed by atoms with E-state index in [0.717, 1.165) is 23.0 Å². The summed E-state index contributed by atoms with van der Waals surface area (Å²) >= 11 is 1.42. The van der Waals surface area contributed by atoms with Crippen LogP contribution in [-0.4, -0.2) is 11.1 Å². The molecule has 0 amide bonds. The smallest absolute Gasteiger partial charge is 0.189 e. The van der Waals surface area contributed by atoms with Crippen LogP contribution in [0.15, 0.2) is 30.5 Å². The minimum atomic E-state index is 0.218. The second-order valence-corrected chi connectivity index (χ2v) is 5.12. The van der Waals surface area contributed by atoms with Gasteiger partial charge in [-0.2, -0.15) is 0 Å². The van der Waals surface area contributed by atoms with Crippen LogP contribution in [-0.2, 0) is 0 Å². The Hall–Kier alpha value is -1.75. The Balaban J connectivity index is 2.07. The molecule has 5 heteroatoms. The van der Waals surface area contributed by atoms with E-state index in [9.17, 15) is 0 Å². The molecule has 2 aromatic rings. The molecular formula is C13H17N3OS. The minimum absolute atomic E-state index is 0.218. The van der Waals surface area contributed by atoms with Crippen LogP contribution in [0, 0.1) is 0 Å². The number of nitrogens with two attached hydrogens (primary N) is 1. The van der Waals surface area contributed by atoms with E-state index in [0.29, 0.717) is 5.00 Å². The third kappa shape index (κ3) is 3.37. The van der Waals surface area contributed by atoms with Gasteiger partial charge in [0.2, 0.25) is 0 Å². The second-order valence-electron chi connectivity index (χ2n) is 4.06. The van der Waals surface area contributed by atoms with Crippen LogP contribution in [0.3, 0.4) is 0 Å². The van der Waals surface area contributed by atoms with E-state index in [1.807, 2.05) is 24.3 Å². The molecule has 0 radical (unpaired) electrons. The van der Waals surface area contributed by atoms with Crippen molar-refractivity contribution in [2.24, 2.45) is 0 Å². The molecule has 0 aliphatic carbocycles. The molecule has 0 bridgehead atoms. The van der Waals surface area contributed by atoms with Crippen molar-refractivity contribution in [2.75, 3.05) is 11.1 Å². The van der Waals surface area contributed by atoms with Crippen LogP contribution in [0.2, 0.25) is 0 Å². The van der Waals surface area contributed by atoms with Gasteiger partial charge >= 0.3 is 0 Å². The van der Waals surface area contributed by atoms with Gasteiger partial charge in [-0.3, -0.25) is 0 Å². The number of nitrogen functional groups attached to an aromatic ring is 1. The third-order valence-electron chi connectivity index (χ3n) is 2.52. The zero-order valence-electron chi connectivity index (χ0n) is 10.5. The topological polar surface area (TPSA) is 60.2 Å². The number of aromatic nitrogens is 1. The molecule has 96 valence electrons. The Bertz CT molecular complexity index is 512. The number of anilines is 3. The number of thiazole rings is 1. The summed E-state index contributed by atoms with van der Waals surface area (Å²) in [5, 5.41) is 4.69. The van der Waals surface area contributed by atoms with Gasteiger partial charge < -0.3 is 15.8 Å². The number of benzene rings is 1. The van der Waals surface area contributed by atoms with Crippen molar-refractivity contribution < 1.29 is 4.74 Å². The maximum absolute atomic E-state index is 5.77. The van der Waals surface area contributed by atoms with Crippen LogP contribution in [0.25, 0.3) is 0 Å². The van der Waals surface area contributed by atoms with Gasteiger partial charge in [-0.05, 0) is 25.5 Å². The van der Waals surface area contributed by atoms with Gasteiger partial charge in [0.1, 0.15) is 10.8 Å². The molecule has 0 aliphatic heterocycles. The highest BCUT2D eigenvalue weighted by atomic mass is 32.1. The van der Waals surface area contributed by atoms with Crippen molar-refractivity contribution in [3.8, 4) is 5.75 Å². The predicted octanol–water partition coefficient (Wildman–Crippen LogP) is 3.65. The summed E-state index contributed by atoms with van der Waals surface area (Å²) in [6, 6.07) is 7.84. The molecule has 2 rings (SSSR count). The maximum atomic E-state index is 5.77. The highest BCUT2D eigenvalue weighted by Gasteiger charge is 2.03. The van der Waals surface area contributed by atoms with Gasteiger partial charge in [-0.1, -0.05) is 24.3 Å². The lowest BCUT2D eigenvalue weighted by molar-refractivity contribution is 0.217. The van der Waals surface area contributed by atoms with Crippen LogP contribution < -0.4 is 15.8 Å². The highest BCUT2D eigenvalue weighted by molar-refractivity contribution is 7.19. The first-order chi connectivity index (χ1) is 8.67. The second kappa shape index (κ2) is 5.73. The fraction of sp³-hybridized carbons (Fsp3) is 0.308. The van der Waals surface area contributed by atoms with E-state index in [4.69, 9.17) is 10.5 Å². The standard InChI is InChI=1S/C13H17N3OS/c1-3-9(2)17-11-6-4-5-10(7-11)16-13-15-8-12(14)18-13/h4-9H,3,14H2,1-2H3,(H,15,16). The average molecular weight is 263 g/mol. The summed E-state index contributed by atoms with van der Waals surface area (Å²) in [5.74, 6) is 0.860. The third-order valence-corrected chi connectivity index (χ3v) is 3.26. The number of nitrogens with one attached hydrogen (secondary N) is 1. The Morgan fingerprint density at radius 2 is 2.33 bits per heavy atom. The molecule has 0 saturated carbocycles. The van der Waals surface area contributed by atoms with E-state index < -0.39 is 0 Å². The molecule has 4 nitrogen and oxygen atoms in total. The van der Waals surface area contributed by atoms with Gasteiger partial charge in [0.15, 0.2) is 5.13 Å². The average Bonchev–Trinajstić information content (AvgIpc) is 2.75. The zero-order chi connectivity index (χ0) is 13.0. The molecule has 1 aromatic heterocycles. The molecule has 1 heterocycles. The van der Waals surface area contributed by atoms with E-state index >= 15 is 0 Å². The number of nitrogens with zero attached hydrogens (tertiary/aromatic N) is 1. The van der Waals surface area contributed by atoms with Crippen LogP contribution >= 0.6 is 11.3 Å². The van der Waals surface area contributed by atoms with Crippen molar-refractivity contribution in [3.63, 3.8) is 0 Å². The van der Waals surface area contributed by atoms with Crippen LogP contribution in [0.4, 0.5) is 15.8 Å². The summed E-state index contributed by atoms with van der Waals surface area (Å²) in [5.41, 5.74) is 6.59. The molecule has 0 saturated heterocycles. The molecule has 0 spiro atoms. The summed E-state index contributed by atoms with van der Waals surface area (Å²) < 4.78 is 5.77. The Labute approximate surface area is 111 Å². The number of ether oxygens (including phenoxy) is 1. The fourth-order valence-corrected chi connectivity index (χ4v) is 2.03. The molecule has 1 unspecified atom stereocenters. The first-order valence-corrected chi connectivity index (χ1v) is 6.74. The van der Waals surface area contributed by atoms with E-state index in [2.05, 4.69) is 24.1 Å².